The minimum atomic E-state index is -4.24. The minimum Gasteiger partial charge on any atom is -0.323 e. The van der Waals surface area contributed by atoms with Gasteiger partial charge >= 0.3 is 8.17 Å². The van der Waals surface area contributed by atoms with E-state index >= 15 is 0 Å². The standard InChI is InChI=1S/C21H37NO4P/c1-3-4-5-6-7-8-9-17-10-11-19-15-20(13-12-18(19)14-17)21(2,22)16-26-27(23,24)25/h10-11,14,20,23-25H,3-9,12-13,15-16,22H2,1-2H3/q+1/t20?,21-/m1/s1. The van der Waals surface area contributed by atoms with Gasteiger partial charge < -0.3 is 5.73 Å². The zero-order valence-corrected chi connectivity index (χ0v) is 17.8. The van der Waals surface area contributed by atoms with Crippen LogP contribution in [0.2, 0.25) is 0 Å². The summed E-state index contributed by atoms with van der Waals surface area (Å²) in [6.07, 6.45) is 11.9. The fourth-order valence-electron chi connectivity index (χ4n) is 3.98. The summed E-state index contributed by atoms with van der Waals surface area (Å²) in [5.41, 5.74) is 9.82. The van der Waals surface area contributed by atoms with E-state index < -0.39 is 13.7 Å². The highest BCUT2D eigenvalue weighted by Gasteiger charge is 2.40. The molecular weight excluding hydrogens is 361 g/mol. The van der Waals surface area contributed by atoms with Gasteiger partial charge in [0.15, 0.2) is 0 Å². The van der Waals surface area contributed by atoms with Gasteiger partial charge in [0.1, 0.15) is 6.61 Å². The van der Waals surface area contributed by atoms with Crippen molar-refractivity contribution in [1.29, 1.82) is 0 Å². The van der Waals surface area contributed by atoms with E-state index in [-0.39, 0.29) is 12.5 Å². The fourth-order valence-corrected chi connectivity index (χ4v) is 4.43. The van der Waals surface area contributed by atoms with E-state index in [0.29, 0.717) is 0 Å². The van der Waals surface area contributed by atoms with Crippen molar-refractivity contribution < 1.29 is 19.2 Å². The Morgan fingerprint density at radius 1 is 1.11 bits per heavy atom. The van der Waals surface area contributed by atoms with Crippen LogP contribution in [0.5, 0.6) is 0 Å². The summed E-state index contributed by atoms with van der Waals surface area (Å²) in [7, 11) is -4.24. The Bertz CT molecular complexity index is 586. The van der Waals surface area contributed by atoms with Crippen LogP contribution >= 0.6 is 8.17 Å². The highest BCUT2D eigenvalue weighted by molar-refractivity contribution is 7.53. The molecular formula is C21H37NO4P+. The Balaban J connectivity index is 1.86. The second-order valence-corrected chi connectivity index (χ2v) is 9.64. The molecule has 0 amide bonds. The number of rotatable bonds is 11. The molecule has 0 aliphatic heterocycles. The third-order valence-electron chi connectivity index (χ3n) is 5.80. The van der Waals surface area contributed by atoms with E-state index in [1.807, 2.05) is 6.92 Å². The fraction of sp³-hybridized carbons (Fsp3) is 0.714. The summed E-state index contributed by atoms with van der Waals surface area (Å²) in [4.78, 5) is 27.1. The molecule has 1 aromatic carbocycles. The van der Waals surface area contributed by atoms with E-state index in [1.165, 1.54) is 55.2 Å². The molecule has 0 saturated carbocycles. The van der Waals surface area contributed by atoms with E-state index in [2.05, 4.69) is 25.1 Å². The third kappa shape index (κ3) is 7.77. The summed E-state index contributed by atoms with van der Waals surface area (Å²) < 4.78 is 4.79. The average molecular weight is 399 g/mol. The molecule has 27 heavy (non-hydrogen) atoms. The first-order valence-electron chi connectivity index (χ1n) is 10.3. The lowest BCUT2D eigenvalue weighted by Gasteiger charge is -2.36. The molecule has 0 aromatic heterocycles. The summed E-state index contributed by atoms with van der Waals surface area (Å²) in [6, 6.07) is 6.82. The molecule has 2 atom stereocenters. The predicted octanol–water partition coefficient (Wildman–Crippen LogP) is 4.08. The molecule has 1 unspecified atom stereocenters. The highest BCUT2D eigenvalue weighted by Crippen LogP contribution is 2.47. The van der Waals surface area contributed by atoms with Crippen molar-refractivity contribution >= 4 is 8.17 Å². The summed E-state index contributed by atoms with van der Waals surface area (Å²) in [6.45, 7) is 4.03. The topological polar surface area (TPSA) is 95.9 Å². The lowest BCUT2D eigenvalue weighted by molar-refractivity contribution is 0.102. The van der Waals surface area contributed by atoms with Crippen LogP contribution in [-0.2, 0) is 23.8 Å². The van der Waals surface area contributed by atoms with Crippen LogP contribution in [0.15, 0.2) is 18.2 Å². The largest absolute Gasteiger partial charge is 0.567 e. The van der Waals surface area contributed by atoms with Crippen LogP contribution in [0.25, 0.3) is 0 Å². The van der Waals surface area contributed by atoms with Crippen molar-refractivity contribution in [2.45, 2.75) is 83.6 Å². The molecule has 6 heteroatoms. The monoisotopic (exact) mass is 398 g/mol. The van der Waals surface area contributed by atoms with Crippen LogP contribution in [0.4, 0.5) is 0 Å². The second kappa shape index (κ2) is 10.3. The minimum absolute atomic E-state index is 0.0691. The molecule has 1 aliphatic carbocycles. The quantitative estimate of drug-likeness (QED) is 0.333. The van der Waals surface area contributed by atoms with Crippen LogP contribution < -0.4 is 5.73 Å². The van der Waals surface area contributed by atoms with Crippen molar-refractivity contribution in [3.63, 3.8) is 0 Å². The lowest BCUT2D eigenvalue weighted by Crippen LogP contribution is -2.50. The first-order chi connectivity index (χ1) is 12.7. The number of unbranched alkanes of at least 4 members (excludes halogenated alkanes) is 5. The smallest absolute Gasteiger partial charge is 0.323 e. The van der Waals surface area contributed by atoms with Gasteiger partial charge in [-0.15, -0.1) is 0 Å². The van der Waals surface area contributed by atoms with Gasteiger partial charge in [-0.05, 0) is 61.6 Å². The van der Waals surface area contributed by atoms with Crippen LogP contribution in [0, 0.1) is 5.92 Å². The van der Waals surface area contributed by atoms with E-state index in [0.717, 1.165) is 25.7 Å². The first kappa shape index (κ1) is 22.7. The molecule has 0 radical (unpaired) electrons. The summed E-state index contributed by atoms with van der Waals surface area (Å²) in [5, 5.41) is 0. The SMILES string of the molecule is CCCCCCCCc1ccc2c(c1)CCC([C@](C)(N)CO[P+](O)(O)O)C2. The maximum atomic E-state index is 9.04. The van der Waals surface area contributed by atoms with Crippen LogP contribution in [0.1, 0.15) is 75.5 Å². The average Bonchev–Trinajstić information content (AvgIpc) is 2.62. The van der Waals surface area contributed by atoms with Crippen molar-refractivity contribution in [2.75, 3.05) is 6.61 Å². The molecule has 154 valence electrons. The van der Waals surface area contributed by atoms with Gasteiger partial charge in [-0.25, -0.2) is 0 Å². The molecule has 5 N–H and O–H groups in total. The van der Waals surface area contributed by atoms with Gasteiger partial charge in [0, 0.05) is 5.54 Å². The number of aryl methyl sites for hydroxylation is 2. The second-order valence-electron chi connectivity index (χ2n) is 8.35. The maximum Gasteiger partial charge on any atom is 0.567 e. The van der Waals surface area contributed by atoms with Crippen LogP contribution in [0.3, 0.4) is 0 Å². The Morgan fingerprint density at radius 3 is 2.52 bits per heavy atom. The zero-order chi connectivity index (χ0) is 19.9. The molecule has 0 bridgehead atoms. The van der Waals surface area contributed by atoms with E-state index in [4.69, 9.17) is 24.9 Å². The number of nitrogens with two attached hydrogens (primary N) is 1. The van der Waals surface area contributed by atoms with Gasteiger partial charge in [0.2, 0.25) is 0 Å². The molecule has 0 saturated heterocycles. The Kier molecular flexibility index (Phi) is 8.67. The molecule has 0 spiro atoms. The van der Waals surface area contributed by atoms with Gasteiger partial charge in [-0.2, -0.15) is 19.2 Å². The highest BCUT2D eigenvalue weighted by atomic mass is 31.2. The molecule has 5 nitrogen and oxygen atoms in total. The molecule has 1 aromatic rings. The van der Waals surface area contributed by atoms with Gasteiger partial charge in [-0.3, -0.25) is 0 Å². The number of benzene rings is 1. The molecule has 2 rings (SSSR count). The van der Waals surface area contributed by atoms with Gasteiger partial charge in [0.25, 0.3) is 0 Å². The maximum absolute atomic E-state index is 9.04. The lowest BCUT2D eigenvalue weighted by atomic mass is 9.74. The molecule has 0 heterocycles. The van der Waals surface area contributed by atoms with E-state index in [1.54, 1.807) is 0 Å². The molecule has 0 fully saturated rings. The number of hydrogen-bond donors (Lipinski definition) is 4. The van der Waals surface area contributed by atoms with Crippen molar-refractivity contribution in [3.8, 4) is 0 Å². The van der Waals surface area contributed by atoms with Crippen molar-refractivity contribution in [2.24, 2.45) is 11.7 Å². The Hall–Kier alpha value is -0.550. The molecule has 1 aliphatic rings. The van der Waals surface area contributed by atoms with E-state index in [9.17, 15) is 0 Å². The van der Waals surface area contributed by atoms with Crippen molar-refractivity contribution in [1.82, 2.24) is 0 Å². The van der Waals surface area contributed by atoms with Gasteiger partial charge in [-0.1, -0.05) is 57.2 Å². The third-order valence-corrected chi connectivity index (χ3v) is 6.28. The normalized spacial score (nSPS) is 19.6. The van der Waals surface area contributed by atoms with Crippen molar-refractivity contribution in [3.05, 3.63) is 34.9 Å². The first-order valence-corrected chi connectivity index (χ1v) is 11.9. The number of hydrogen-bond acceptors (Lipinski definition) is 5. The number of fused-ring (bicyclic) bond motifs is 1. The Labute approximate surface area is 164 Å². The Morgan fingerprint density at radius 2 is 1.81 bits per heavy atom. The van der Waals surface area contributed by atoms with Gasteiger partial charge in [0.05, 0.1) is 0 Å². The summed E-state index contributed by atoms with van der Waals surface area (Å²) >= 11 is 0. The predicted molar refractivity (Wildman–Crippen MR) is 111 cm³/mol. The zero-order valence-electron chi connectivity index (χ0n) is 16.9. The summed E-state index contributed by atoms with van der Waals surface area (Å²) in [5.74, 6) is 0.181. The van der Waals surface area contributed by atoms with Crippen LogP contribution in [-0.4, -0.2) is 26.8 Å².